The average Bonchev–Trinajstić information content (AvgIpc) is 2.58. The standard InChI is InChI=1S/C13H18FN3O.HI/c1-13(2,3)17-12(15)16-10-7-18-11-5-4-8(14)6-9(10)11;/h4-6,10H,7H2,1-3H3,(H3,15,16,17);1H. The number of guanidine groups is 1. The van der Waals surface area contributed by atoms with E-state index in [0.29, 0.717) is 18.3 Å². The first-order chi connectivity index (χ1) is 8.35. The molecule has 0 amide bonds. The van der Waals surface area contributed by atoms with Gasteiger partial charge in [-0.15, -0.1) is 24.0 Å². The number of benzene rings is 1. The van der Waals surface area contributed by atoms with Crippen LogP contribution in [-0.4, -0.2) is 18.1 Å². The Morgan fingerprint density at radius 3 is 2.79 bits per heavy atom. The van der Waals surface area contributed by atoms with Crippen molar-refractivity contribution in [2.75, 3.05) is 6.61 Å². The Balaban J connectivity index is 0.00000180. The maximum absolute atomic E-state index is 13.2. The maximum Gasteiger partial charge on any atom is 0.189 e. The lowest BCUT2D eigenvalue weighted by Gasteiger charge is -2.21. The highest BCUT2D eigenvalue weighted by molar-refractivity contribution is 14.0. The summed E-state index contributed by atoms with van der Waals surface area (Å²) in [6.07, 6.45) is 0. The van der Waals surface area contributed by atoms with Crippen LogP contribution in [0.2, 0.25) is 0 Å². The fourth-order valence-electron chi connectivity index (χ4n) is 1.86. The number of hydrogen-bond donors (Lipinski definition) is 2. The minimum Gasteiger partial charge on any atom is -0.491 e. The molecule has 6 heteroatoms. The van der Waals surface area contributed by atoms with Crippen molar-refractivity contribution in [3.05, 3.63) is 29.6 Å². The van der Waals surface area contributed by atoms with Gasteiger partial charge in [0, 0.05) is 11.1 Å². The van der Waals surface area contributed by atoms with E-state index in [9.17, 15) is 4.39 Å². The summed E-state index contributed by atoms with van der Waals surface area (Å²) >= 11 is 0. The zero-order valence-corrected chi connectivity index (χ0v) is 13.6. The summed E-state index contributed by atoms with van der Waals surface area (Å²) in [4.78, 5) is 4.34. The van der Waals surface area contributed by atoms with Gasteiger partial charge < -0.3 is 15.8 Å². The van der Waals surface area contributed by atoms with Crippen molar-refractivity contribution in [3.63, 3.8) is 0 Å². The van der Waals surface area contributed by atoms with Crippen LogP contribution in [0.15, 0.2) is 23.2 Å². The van der Waals surface area contributed by atoms with Gasteiger partial charge in [0.1, 0.15) is 24.2 Å². The number of hydrogen-bond acceptors (Lipinski definition) is 2. The van der Waals surface area contributed by atoms with Gasteiger partial charge in [-0.2, -0.15) is 0 Å². The smallest absolute Gasteiger partial charge is 0.189 e. The molecule has 0 radical (unpaired) electrons. The second-order valence-corrected chi connectivity index (χ2v) is 5.40. The number of nitrogens with zero attached hydrogens (tertiary/aromatic N) is 1. The van der Waals surface area contributed by atoms with Crippen LogP contribution in [0, 0.1) is 5.82 Å². The lowest BCUT2D eigenvalue weighted by atomic mass is 10.1. The number of nitrogens with two attached hydrogens (primary N) is 1. The van der Waals surface area contributed by atoms with Crippen molar-refractivity contribution in [2.24, 2.45) is 10.7 Å². The molecule has 1 aliphatic rings. The molecule has 0 saturated heterocycles. The van der Waals surface area contributed by atoms with Gasteiger partial charge in [0.15, 0.2) is 5.96 Å². The highest BCUT2D eigenvalue weighted by Gasteiger charge is 2.24. The molecule has 0 bridgehead atoms. The Labute approximate surface area is 129 Å². The summed E-state index contributed by atoms with van der Waals surface area (Å²) in [5.74, 6) is 0.726. The molecular weight excluding hydrogens is 360 g/mol. The van der Waals surface area contributed by atoms with Crippen LogP contribution in [0.4, 0.5) is 4.39 Å². The molecule has 1 heterocycles. The Kier molecular flexibility index (Phi) is 5.00. The normalized spacial score (nSPS) is 18.3. The maximum atomic E-state index is 13.2. The Morgan fingerprint density at radius 2 is 2.16 bits per heavy atom. The van der Waals surface area contributed by atoms with Crippen molar-refractivity contribution in [2.45, 2.75) is 32.4 Å². The van der Waals surface area contributed by atoms with Gasteiger partial charge in [-0.25, -0.2) is 9.38 Å². The Bertz CT molecular complexity index is 485. The fraction of sp³-hybridized carbons (Fsp3) is 0.462. The van der Waals surface area contributed by atoms with E-state index in [4.69, 9.17) is 10.5 Å². The van der Waals surface area contributed by atoms with E-state index in [1.54, 1.807) is 6.07 Å². The van der Waals surface area contributed by atoms with Crippen molar-refractivity contribution in [3.8, 4) is 5.75 Å². The van der Waals surface area contributed by atoms with Crippen molar-refractivity contribution in [1.82, 2.24) is 5.32 Å². The number of ether oxygens (including phenoxy) is 1. The monoisotopic (exact) mass is 379 g/mol. The van der Waals surface area contributed by atoms with Crippen LogP contribution in [-0.2, 0) is 0 Å². The molecule has 1 unspecified atom stereocenters. The van der Waals surface area contributed by atoms with E-state index in [0.717, 1.165) is 5.56 Å². The van der Waals surface area contributed by atoms with Gasteiger partial charge in [-0.3, -0.25) is 0 Å². The molecule has 106 valence electrons. The molecule has 1 aromatic rings. The Morgan fingerprint density at radius 1 is 1.47 bits per heavy atom. The summed E-state index contributed by atoms with van der Waals surface area (Å²) < 4.78 is 18.6. The van der Waals surface area contributed by atoms with Crippen LogP contribution >= 0.6 is 24.0 Å². The molecule has 19 heavy (non-hydrogen) atoms. The zero-order valence-electron chi connectivity index (χ0n) is 11.2. The molecule has 0 aliphatic carbocycles. The number of nitrogens with one attached hydrogen (secondary N) is 1. The molecule has 4 nitrogen and oxygen atoms in total. The van der Waals surface area contributed by atoms with Crippen molar-refractivity contribution < 1.29 is 9.13 Å². The van der Waals surface area contributed by atoms with Crippen LogP contribution in [0.1, 0.15) is 32.4 Å². The molecule has 3 N–H and O–H groups in total. The van der Waals surface area contributed by atoms with E-state index in [1.165, 1.54) is 12.1 Å². The molecule has 0 spiro atoms. The van der Waals surface area contributed by atoms with Crippen molar-refractivity contribution in [1.29, 1.82) is 0 Å². The fourth-order valence-corrected chi connectivity index (χ4v) is 1.86. The first-order valence-electron chi connectivity index (χ1n) is 5.89. The SMILES string of the molecule is CC(C)(C)NC(N)=NC1COc2ccc(F)cc21.I. The largest absolute Gasteiger partial charge is 0.491 e. The van der Waals surface area contributed by atoms with Gasteiger partial charge in [0.2, 0.25) is 0 Å². The minimum absolute atomic E-state index is 0. The molecule has 1 aliphatic heterocycles. The average molecular weight is 379 g/mol. The number of aliphatic imine (C=N–C) groups is 1. The molecule has 0 saturated carbocycles. The summed E-state index contributed by atoms with van der Waals surface area (Å²) in [7, 11) is 0. The van der Waals surface area contributed by atoms with Gasteiger partial charge in [-0.05, 0) is 39.0 Å². The minimum atomic E-state index is -0.290. The first kappa shape index (κ1) is 16.0. The molecule has 1 atom stereocenters. The second-order valence-electron chi connectivity index (χ2n) is 5.40. The lowest BCUT2D eigenvalue weighted by molar-refractivity contribution is 0.333. The van der Waals surface area contributed by atoms with E-state index in [1.807, 2.05) is 20.8 Å². The lowest BCUT2D eigenvalue weighted by Crippen LogP contribution is -2.45. The topological polar surface area (TPSA) is 59.6 Å². The van der Waals surface area contributed by atoms with Gasteiger partial charge in [0.05, 0.1) is 0 Å². The summed E-state index contributed by atoms with van der Waals surface area (Å²) in [5.41, 5.74) is 6.41. The van der Waals surface area contributed by atoms with E-state index in [-0.39, 0.29) is 41.4 Å². The molecule has 0 aromatic heterocycles. The number of halogens is 2. The van der Waals surface area contributed by atoms with Gasteiger partial charge in [-0.1, -0.05) is 0 Å². The van der Waals surface area contributed by atoms with E-state index >= 15 is 0 Å². The third kappa shape index (κ3) is 4.22. The highest BCUT2D eigenvalue weighted by Crippen LogP contribution is 2.34. The number of rotatable bonds is 1. The van der Waals surface area contributed by atoms with Gasteiger partial charge >= 0.3 is 0 Å². The van der Waals surface area contributed by atoms with Crippen molar-refractivity contribution >= 4 is 29.9 Å². The zero-order chi connectivity index (χ0) is 13.3. The predicted octanol–water partition coefficient (Wildman–Crippen LogP) is 2.58. The molecule has 2 rings (SSSR count). The van der Waals surface area contributed by atoms with Crippen LogP contribution in [0.5, 0.6) is 5.75 Å². The second kappa shape index (κ2) is 5.94. The summed E-state index contributed by atoms with van der Waals surface area (Å²) in [6, 6.07) is 4.20. The predicted molar refractivity (Wildman–Crippen MR) is 84.6 cm³/mol. The van der Waals surface area contributed by atoms with Crippen LogP contribution in [0.3, 0.4) is 0 Å². The molecule has 0 fully saturated rings. The van der Waals surface area contributed by atoms with E-state index in [2.05, 4.69) is 10.3 Å². The third-order valence-electron chi connectivity index (χ3n) is 2.53. The van der Waals surface area contributed by atoms with Gasteiger partial charge in [0.25, 0.3) is 0 Å². The Hall–Kier alpha value is -1.05. The highest BCUT2D eigenvalue weighted by atomic mass is 127. The number of fused-ring (bicyclic) bond motifs is 1. The first-order valence-corrected chi connectivity index (χ1v) is 5.89. The third-order valence-corrected chi connectivity index (χ3v) is 2.53. The van der Waals surface area contributed by atoms with Crippen LogP contribution in [0.25, 0.3) is 0 Å². The van der Waals surface area contributed by atoms with Crippen LogP contribution < -0.4 is 15.8 Å². The van der Waals surface area contributed by atoms with E-state index < -0.39 is 0 Å². The summed E-state index contributed by atoms with van der Waals surface area (Å²) in [5, 5.41) is 3.07. The quantitative estimate of drug-likeness (QED) is 0.448. The molecular formula is C13H19FIN3O. The molecule has 1 aromatic carbocycles. The summed E-state index contributed by atoms with van der Waals surface area (Å²) in [6.45, 7) is 6.38.